The number of nitrogens with one attached hydrogen (secondary N) is 1. The number of methoxy groups -OCH3 is 1. The Morgan fingerprint density at radius 1 is 1.31 bits per heavy atom. The molecule has 1 aromatic carbocycles. The standard InChI is InChI=1S/C13H21NO2/c1-10(8-9-16-3)14-11(2)12-6-4-5-7-13(12)15/h4-7,10-11,14-15H,8-9H2,1-3H3. The molecule has 0 aliphatic rings. The highest BCUT2D eigenvalue weighted by atomic mass is 16.5. The van der Waals surface area contributed by atoms with Crippen molar-refractivity contribution >= 4 is 0 Å². The van der Waals surface area contributed by atoms with Crippen LogP contribution in [0, 0.1) is 0 Å². The summed E-state index contributed by atoms with van der Waals surface area (Å²) in [6, 6.07) is 7.94. The van der Waals surface area contributed by atoms with E-state index in [-0.39, 0.29) is 6.04 Å². The first-order chi connectivity index (χ1) is 7.65. The maximum Gasteiger partial charge on any atom is 0.120 e. The van der Waals surface area contributed by atoms with Crippen molar-refractivity contribution in [2.75, 3.05) is 13.7 Å². The fourth-order valence-corrected chi connectivity index (χ4v) is 1.75. The minimum Gasteiger partial charge on any atom is -0.508 e. The molecule has 3 nitrogen and oxygen atoms in total. The third-order valence-electron chi connectivity index (χ3n) is 2.69. The number of aromatic hydroxyl groups is 1. The number of ether oxygens (including phenoxy) is 1. The Bertz CT molecular complexity index is 315. The average Bonchev–Trinajstić information content (AvgIpc) is 2.26. The van der Waals surface area contributed by atoms with Gasteiger partial charge in [0.05, 0.1) is 0 Å². The van der Waals surface area contributed by atoms with Crippen LogP contribution < -0.4 is 5.32 Å². The van der Waals surface area contributed by atoms with Crippen LogP contribution in [0.1, 0.15) is 31.9 Å². The SMILES string of the molecule is COCCC(C)NC(C)c1ccccc1O. The summed E-state index contributed by atoms with van der Waals surface area (Å²) in [7, 11) is 1.71. The molecule has 90 valence electrons. The number of phenols is 1. The second-order valence-corrected chi connectivity index (χ2v) is 4.13. The molecule has 1 aromatic rings. The molecular formula is C13H21NO2. The summed E-state index contributed by atoms with van der Waals surface area (Å²) in [5.74, 6) is 0.349. The smallest absolute Gasteiger partial charge is 0.120 e. The molecule has 2 unspecified atom stereocenters. The van der Waals surface area contributed by atoms with E-state index in [1.54, 1.807) is 13.2 Å². The van der Waals surface area contributed by atoms with Crippen LogP contribution in [0.2, 0.25) is 0 Å². The molecule has 3 heteroatoms. The van der Waals surface area contributed by atoms with Crippen LogP contribution in [0.15, 0.2) is 24.3 Å². The van der Waals surface area contributed by atoms with Gasteiger partial charge in [-0.15, -0.1) is 0 Å². The largest absolute Gasteiger partial charge is 0.508 e. The lowest BCUT2D eigenvalue weighted by Gasteiger charge is -2.20. The predicted molar refractivity (Wildman–Crippen MR) is 65.6 cm³/mol. The van der Waals surface area contributed by atoms with E-state index in [9.17, 15) is 5.11 Å². The van der Waals surface area contributed by atoms with E-state index < -0.39 is 0 Å². The molecule has 0 heterocycles. The number of rotatable bonds is 6. The predicted octanol–water partition coefficient (Wildman–Crippen LogP) is 2.47. The van der Waals surface area contributed by atoms with Gasteiger partial charge in [0.2, 0.25) is 0 Å². The van der Waals surface area contributed by atoms with Gasteiger partial charge in [0.15, 0.2) is 0 Å². The monoisotopic (exact) mass is 223 g/mol. The first-order valence-corrected chi connectivity index (χ1v) is 5.68. The molecule has 2 atom stereocenters. The van der Waals surface area contributed by atoms with E-state index in [2.05, 4.69) is 19.2 Å². The highest BCUT2D eigenvalue weighted by molar-refractivity contribution is 5.34. The van der Waals surface area contributed by atoms with Crippen LogP contribution in [-0.4, -0.2) is 24.9 Å². The summed E-state index contributed by atoms with van der Waals surface area (Å²) in [5, 5.41) is 13.1. The summed E-state index contributed by atoms with van der Waals surface area (Å²) in [5.41, 5.74) is 0.937. The second kappa shape index (κ2) is 6.51. The molecule has 0 aliphatic carbocycles. The Morgan fingerprint density at radius 2 is 2.00 bits per heavy atom. The normalized spacial score (nSPS) is 14.7. The summed E-state index contributed by atoms with van der Waals surface area (Å²) in [6.45, 7) is 4.93. The van der Waals surface area contributed by atoms with Gasteiger partial charge in [-0.3, -0.25) is 0 Å². The van der Waals surface area contributed by atoms with Crippen LogP contribution in [-0.2, 0) is 4.74 Å². The molecule has 0 aliphatic heterocycles. The average molecular weight is 223 g/mol. The van der Waals surface area contributed by atoms with Crippen molar-refractivity contribution in [3.63, 3.8) is 0 Å². The van der Waals surface area contributed by atoms with Crippen molar-refractivity contribution in [1.29, 1.82) is 0 Å². The van der Waals surface area contributed by atoms with Gasteiger partial charge >= 0.3 is 0 Å². The van der Waals surface area contributed by atoms with Crippen LogP contribution >= 0.6 is 0 Å². The number of phenolic OH excluding ortho intramolecular Hbond substituents is 1. The van der Waals surface area contributed by atoms with Crippen LogP contribution in [0.25, 0.3) is 0 Å². The van der Waals surface area contributed by atoms with Crippen LogP contribution in [0.4, 0.5) is 0 Å². The molecule has 0 saturated heterocycles. The zero-order chi connectivity index (χ0) is 12.0. The van der Waals surface area contributed by atoms with Gasteiger partial charge in [-0.1, -0.05) is 18.2 Å². The van der Waals surface area contributed by atoms with Gasteiger partial charge in [0.25, 0.3) is 0 Å². The molecule has 0 fully saturated rings. The lowest BCUT2D eigenvalue weighted by molar-refractivity contribution is 0.183. The quantitative estimate of drug-likeness (QED) is 0.778. The zero-order valence-electron chi connectivity index (χ0n) is 10.2. The molecular weight excluding hydrogens is 202 g/mol. The van der Waals surface area contributed by atoms with Crippen molar-refractivity contribution < 1.29 is 9.84 Å². The van der Waals surface area contributed by atoms with Gasteiger partial charge in [-0.05, 0) is 26.3 Å². The molecule has 0 aromatic heterocycles. The maximum atomic E-state index is 9.71. The Balaban J connectivity index is 2.52. The van der Waals surface area contributed by atoms with Gasteiger partial charge in [0.1, 0.15) is 5.75 Å². The Labute approximate surface area is 97.4 Å². The van der Waals surface area contributed by atoms with Crippen LogP contribution in [0.5, 0.6) is 5.75 Å². The Kier molecular flexibility index (Phi) is 5.29. The van der Waals surface area contributed by atoms with E-state index in [0.29, 0.717) is 11.8 Å². The molecule has 0 radical (unpaired) electrons. The van der Waals surface area contributed by atoms with Gasteiger partial charge in [-0.2, -0.15) is 0 Å². The van der Waals surface area contributed by atoms with E-state index in [4.69, 9.17) is 4.74 Å². The summed E-state index contributed by atoms with van der Waals surface area (Å²) < 4.78 is 5.03. The Morgan fingerprint density at radius 3 is 2.62 bits per heavy atom. The topological polar surface area (TPSA) is 41.5 Å². The van der Waals surface area contributed by atoms with E-state index >= 15 is 0 Å². The minimum atomic E-state index is 0.146. The zero-order valence-corrected chi connectivity index (χ0v) is 10.2. The van der Waals surface area contributed by atoms with Crippen molar-refractivity contribution in [1.82, 2.24) is 5.32 Å². The first-order valence-electron chi connectivity index (χ1n) is 5.68. The van der Waals surface area contributed by atoms with Crippen molar-refractivity contribution in [3.8, 4) is 5.75 Å². The molecule has 1 rings (SSSR count). The van der Waals surface area contributed by atoms with Crippen molar-refractivity contribution in [2.24, 2.45) is 0 Å². The molecule has 2 N–H and O–H groups in total. The molecule has 16 heavy (non-hydrogen) atoms. The van der Waals surface area contributed by atoms with Crippen molar-refractivity contribution in [3.05, 3.63) is 29.8 Å². The molecule has 0 saturated carbocycles. The number of para-hydroxylation sites is 1. The van der Waals surface area contributed by atoms with Gasteiger partial charge < -0.3 is 15.2 Å². The highest BCUT2D eigenvalue weighted by Crippen LogP contribution is 2.23. The van der Waals surface area contributed by atoms with E-state index in [1.807, 2.05) is 18.2 Å². The molecule has 0 spiro atoms. The van der Waals surface area contributed by atoms with Gasteiger partial charge in [-0.25, -0.2) is 0 Å². The number of hydrogen-bond acceptors (Lipinski definition) is 3. The number of benzene rings is 1. The lowest BCUT2D eigenvalue weighted by Crippen LogP contribution is -2.29. The third-order valence-corrected chi connectivity index (χ3v) is 2.69. The Hall–Kier alpha value is -1.06. The number of hydrogen-bond donors (Lipinski definition) is 2. The van der Waals surface area contributed by atoms with Gasteiger partial charge in [0, 0.05) is 31.4 Å². The second-order valence-electron chi connectivity index (χ2n) is 4.13. The molecule has 0 amide bonds. The first kappa shape index (κ1) is 13.0. The lowest BCUT2D eigenvalue weighted by atomic mass is 10.1. The summed E-state index contributed by atoms with van der Waals surface area (Å²) in [4.78, 5) is 0. The van der Waals surface area contributed by atoms with Crippen LogP contribution in [0.3, 0.4) is 0 Å². The fourth-order valence-electron chi connectivity index (χ4n) is 1.75. The van der Waals surface area contributed by atoms with E-state index in [1.165, 1.54) is 0 Å². The van der Waals surface area contributed by atoms with E-state index in [0.717, 1.165) is 18.6 Å². The fraction of sp³-hybridized carbons (Fsp3) is 0.538. The molecule has 0 bridgehead atoms. The summed E-state index contributed by atoms with van der Waals surface area (Å²) >= 11 is 0. The minimum absolute atomic E-state index is 0.146. The maximum absolute atomic E-state index is 9.71. The third kappa shape index (κ3) is 3.83. The summed E-state index contributed by atoms with van der Waals surface area (Å²) in [6.07, 6.45) is 0.967. The highest BCUT2D eigenvalue weighted by Gasteiger charge is 2.11. The van der Waals surface area contributed by atoms with Crippen molar-refractivity contribution in [2.45, 2.75) is 32.4 Å².